The van der Waals surface area contributed by atoms with Gasteiger partial charge in [-0.05, 0) is 121 Å². The summed E-state index contributed by atoms with van der Waals surface area (Å²) in [4.78, 5) is 4.91. The Hall–Kier alpha value is -6.46. The molecule has 6 aromatic carbocycles. The van der Waals surface area contributed by atoms with Crippen molar-refractivity contribution in [1.82, 2.24) is 14.1 Å². The molecule has 0 saturated heterocycles. The van der Waals surface area contributed by atoms with Crippen LogP contribution in [0, 0.1) is 6.33 Å². The molecule has 0 amide bonds. The minimum Gasteiger partial charge on any atom is -0.458 e. The van der Waals surface area contributed by atoms with Gasteiger partial charge in [-0.3, -0.25) is 13.7 Å². The first-order valence-electron chi connectivity index (χ1n) is 24.0. The molecule has 67 heavy (non-hydrogen) atoms. The summed E-state index contributed by atoms with van der Waals surface area (Å²) in [6, 6.07) is 48.6. The lowest BCUT2D eigenvalue weighted by Gasteiger charge is -2.34. The number of fused-ring (bicyclic) bond motifs is 4. The van der Waals surface area contributed by atoms with Crippen molar-refractivity contribution < 1.29 is 9.30 Å². The van der Waals surface area contributed by atoms with Crippen molar-refractivity contribution in [3.05, 3.63) is 174 Å². The van der Waals surface area contributed by atoms with Crippen molar-refractivity contribution in [3.63, 3.8) is 0 Å². The molecule has 5 nitrogen and oxygen atoms in total. The molecule has 0 atom stereocenters. The molecule has 3 aromatic heterocycles. The van der Waals surface area contributed by atoms with Gasteiger partial charge in [-0.2, -0.15) is 0 Å². The van der Waals surface area contributed by atoms with Crippen LogP contribution >= 0.6 is 0 Å². The molecule has 342 valence electrons. The summed E-state index contributed by atoms with van der Waals surface area (Å²) in [7, 11) is 0. The Morgan fingerprint density at radius 1 is 0.463 bits per heavy atom. The minimum atomic E-state index is -0.146. The quantitative estimate of drug-likeness (QED) is 0.123. The molecule has 0 spiro atoms. The number of aromatic nitrogens is 4. The summed E-state index contributed by atoms with van der Waals surface area (Å²) >= 11 is 0. The fraction of sp³-hybridized carbons (Fsp3) is 0.323. The zero-order chi connectivity index (χ0) is 48.0. The highest BCUT2D eigenvalue weighted by Gasteiger charge is 2.31. The van der Waals surface area contributed by atoms with E-state index in [1.165, 1.54) is 44.5 Å². The highest BCUT2D eigenvalue weighted by molar-refractivity contribution is 6.09. The second-order valence-corrected chi connectivity index (χ2v) is 23.8. The third kappa shape index (κ3) is 8.70. The fourth-order valence-corrected chi connectivity index (χ4v) is 9.35. The first-order valence-corrected chi connectivity index (χ1v) is 24.0. The fourth-order valence-electron chi connectivity index (χ4n) is 9.35. The Morgan fingerprint density at radius 3 is 1.72 bits per heavy atom. The number of para-hydroxylation sites is 1. The Morgan fingerprint density at radius 2 is 1.07 bits per heavy atom. The molecule has 3 heterocycles. The molecule has 0 bridgehead atoms. The third-order valence-corrected chi connectivity index (χ3v) is 13.4. The van der Waals surface area contributed by atoms with Gasteiger partial charge in [-0.1, -0.05) is 177 Å². The molecule has 0 N–H and O–H groups in total. The van der Waals surface area contributed by atoms with Gasteiger partial charge in [0.2, 0.25) is 0 Å². The molecule has 0 radical (unpaired) electrons. The SMILES string of the molecule is CC(C)(C)c1ccc(-c2ccc3c(c2)n(-c2cccc(Oc4ccc5c6ccccc6n(-c6cc(C(C)(C)C)ccn6)c5c4)c2)[c-][n+]3-c2c(C(C)(C)C)cc(C(C)(C)C)cc2C(C)(C)C)cc1. The predicted octanol–water partition coefficient (Wildman–Crippen LogP) is 16.1. The van der Waals surface area contributed by atoms with Crippen LogP contribution in [0.5, 0.6) is 11.5 Å². The van der Waals surface area contributed by atoms with Crippen molar-refractivity contribution in [2.75, 3.05) is 0 Å². The van der Waals surface area contributed by atoms with Crippen molar-refractivity contribution in [2.24, 2.45) is 0 Å². The predicted molar refractivity (Wildman–Crippen MR) is 281 cm³/mol. The Bertz CT molecular complexity index is 3290. The van der Waals surface area contributed by atoms with Gasteiger partial charge in [0.15, 0.2) is 0 Å². The molecule has 0 aliphatic heterocycles. The summed E-state index contributed by atoms with van der Waals surface area (Å²) < 4.78 is 13.7. The number of benzene rings is 6. The van der Waals surface area contributed by atoms with Crippen LogP contribution in [0.15, 0.2) is 140 Å². The van der Waals surface area contributed by atoms with Crippen molar-refractivity contribution >= 4 is 32.8 Å². The normalized spacial score (nSPS) is 13.0. The number of ether oxygens (including phenoxy) is 1. The monoisotopic (exact) mass is 885 g/mol. The van der Waals surface area contributed by atoms with E-state index in [0.717, 1.165) is 56.0 Å². The summed E-state index contributed by atoms with van der Waals surface area (Å²) in [5.74, 6) is 2.38. The van der Waals surface area contributed by atoms with E-state index in [4.69, 9.17) is 9.72 Å². The van der Waals surface area contributed by atoms with Crippen LogP contribution in [0.25, 0.3) is 61.2 Å². The molecule has 5 heteroatoms. The van der Waals surface area contributed by atoms with E-state index in [-0.39, 0.29) is 27.1 Å². The number of imidazole rings is 1. The zero-order valence-electron chi connectivity index (χ0n) is 42.5. The average molecular weight is 885 g/mol. The zero-order valence-corrected chi connectivity index (χ0v) is 42.5. The maximum atomic E-state index is 6.85. The van der Waals surface area contributed by atoms with Crippen LogP contribution in [0.3, 0.4) is 0 Å². The van der Waals surface area contributed by atoms with Gasteiger partial charge < -0.3 is 4.74 Å². The molecule has 0 aliphatic carbocycles. The maximum absolute atomic E-state index is 6.85. The third-order valence-electron chi connectivity index (χ3n) is 13.4. The van der Waals surface area contributed by atoms with E-state index in [2.05, 4.69) is 251 Å². The highest BCUT2D eigenvalue weighted by Crippen LogP contribution is 2.41. The number of pyridine rings is 1. The van der Waals surface area contributed by atoms with E-state index >= 15 is 0 Å². The first-order chi connectivity index (χ1) is 31.4. The van der Waals surface area contributed by atoms with E-state index < -0.39 is 0 Å². The largest absolute Gasteiger partial charge is 0.458 e. The van der Waals surface area contributed by atoms with Crippen LogP contribution in [-0.4, -0.2) is 14.1 Å². The van der Waals surface area contributed by atoms with E-state index in [1.54, 1.807) is 0 Å². The molecule has 0 aliphatic rings. The number of nitrogens with zero attached hydrogens (tertiary/aromatic N) is 4. The molecule has 0 fully saturated rings. The topological polar surface area (TPSA) is 35.9 Å². The lowest BCUT2D eigenvalue weighted by atomic mass is 9.74. The van der Waals surface area contributed by atoms with Gasteiger partial charge in [-0.15, -0.1) is 0 Å². The Labute approximate surface area is 399 Å². The molecular weight excluding hydrogens is 817 g/mol. The van der Waals surface area contributed by atoms with Crippen molar-refractivity contribution in [2.45, 2.75) is 131 Å². The molecule has 9 aromatic rings. The average Bonchev–Trinajstić information content (AvgIpc) is 3.80. The van der Waals surface area contributed by atoms with Crippen LogP contribution in [-0.2, 0) is 27.1 Å². The van der Waals surface area contributed by atoms with Gasteiger partial charge in [0, 0.05) is 23.0 Å². The van der Waals surface area contributed by atoms with Crippen LogP contribution in [0.1, 0.15) is 132 Å². The van der Waals surface area contributed by atoms with E-state index in [0.29, 0.717) is 0 Å². The summed E-state index contributed by atoms with van der Waals surface area (Å²) in [6.07, 6.45) is 5.88. The van der Waals surface area contributed by atoms with E-state index in [1.807, 2.05) is 12.3 Å². The Balaban J connectivity index is 1.22. The Kier molecular flexibility index (Phi) is 11.0. The van der Waals surface area contributed by atoms with Gasteiger partial charge in [0.25, 0.3) is 6.33 Å². The standard InChI is InChI=1S/C62H68N4O/c1-58(2,3)42-26-23-40(24-27-42)41-25-30-53-55(33-41)64(39-65(53)57-50(61(10,11)12)34-44(60(7,8)9)35-51(57)62(13,14)15)45-19-18-20-46(37-45)67-47-28-29-49-48-21-16-17-22-52(48)66(54(49)38-47)56-36-43(31-32-63-56)59(4,5)6/h16-38H,1-15H3. The summed E-state index contributed by atoms with van der Waals surface area (Å²) in [5.41, 5.74) is 15.0. The van der Waals surface area contributed by atoms with Gasteiger partial charge in [0.05, 0.1) is 33.4 Å². The summed E-state index contributed by atoms with van der Waals surface area (Å²) in [6.45, 7) is 34.5. The smallest absolute Gasteiger partial charge is 0.269 e. The maximum Gasteiger partial charge on any atom is 0.269 e. The van der Waals surface area contributed by atoms with Gasteiger partial charge in [-0.25, -0.2) is 4.98 Å². The van der Waals surface area contributed by atoms with Crippen LogP contribution < -0.4 is 9.30 Å². The second kappa shape index (κ2) is 16.1. The number of rotatable bonds is 6. The van der Waals surface area contributed by atoms with Crippen molar-refractivity contribution in [3.8, 4) is 39.8 Å². The summed E-state index contributed by atoms with van der Waals surface area (Å²) in [5, 5.41) is 2.33. The van der Waals surface area contributed by atoms with Crippen LogP contribution in [0.2, 0.25) is 0 Å². The molecule has 0 unspecified atom stereocenters. The van der Waals surface area contributed by atoms with Crippen molar-refractivity contribution in [1.29, 1.82) is 0 Å². The van der Waals surface area contributed by atoms with Gasteiger partial charge in [0.1, 0.15) is 17.3 Å². The second-order valence-electron chi connectivity index (χ2n) is 23.8. The van der Waals surface area contributed by atoms with E-state index in [9.17, 15) is 0 Å². The molecule has 0 saturated carbocycles. The highest BCUT2D eigenvalue weighted by atomic mass is 16.5. The lowest BCUT2D eigenvalue weighted by Crippen LogP contribution is -2.38. The molecule has 9 rings (SSSR count). The van der Waals surface area contributed by atoms with Gasteiger partial charge >= 0.3 is 0 Å². The lowest BCUT2D eigenvalue weighted by molar-refractivity contribution is -0.574. The first kappa shape index (κ1) is 45.7. The molecular formula is C62H68N4O. The number of hydrogen-bond acceptors (Lipinski definition) is 2. The minimum absolute atomic E-state index is 0.0165. The van der Waals surface area contributed by atoms with Crippen LogP contribution in [0.4, 0.5) is 0 Å². The number of hydrogen-bond donors (Lipinski definition) is 0.